The van der Waals surface area contributed by atoms with E-state index < -0.39 is 41.3 Å². The van der Waals surface area contributed by atoms with Crippen LogP contribution in [0.15, 0.2) is 34.8 Å². The summed E-state index contributed by atoms with van der Waals surface area (Å²) in [6, 6.07) is 2.39. The maximum absolute atomic E-state index is 13.4. The summed E-state index contributed by atoms with van der Waals surface area (Å²) in [4.78, 5) is 0. The molecule has 0 saturated heterocycles. The highest BCUT2D eigenvalue weighted by Gasteiger charge is 2.40. The van der Waals surface area contributed by atoms with E-state index in [1.54, 1.807) is 0 Å². The molecule has 2 aromatic carbocycles. The summed E-state index contributed by atoms with van der Waals surface area (Å²) in [7, 11) is 0. The first-order valence-corrected chi connectivity index (χ1v) is 11.1. The van der Waals surface area contributed by atoms with E-state index in [0.717, 1.165) is 25.0 Å². The Hall–Kier alpha value is -1.95. The SMILES string of the molecule is FC(F)(F)c1cc(CNC2CC(C3CC3)Nc3c(Br)cc(C(F)(F)F)cc32)cc(C(F)(F)F)c1. The van der Waals surface area contributed by atoms with Gasteiger partial charge in [0.15, 0.2) is 0 Å². The number of hydrogen-bond acceptors (Lipinski definition) is 2. The first-order valence-electron chi connectivity index (χ1n) is 10.3. The Kier molecular flexibility index (Phi) is 6.37. The lowest BCUT2D eigenvalue weighted by atomic mass is 9.89. The third-order valence-electron chi connectivity index (χ3n) is 6.03. The first-order chi connectivity index (χ1) is 15.6. The maximum atomic E-state index is 13.4. The Morgan fingerprint density at radius 2 is 1.32 bits per heavy atom. The van der Waals surface area contributed by atoms with Gasteiger partial charge in [-0.2, -0.15) is 39.5 Å². The van der Waals surface area contributed by atoms with Crippen molar-refractivity contribution in [1.82, 2.24) is 5.32 Å². The lowest BCUT2D eigenvalue weighted by Crippen LogP contribution is -2.36. The van der Waals surface area contributed by atoms with Gasteiger partial charge in [-0.15, -0.1) is 0 Å². The van der Waals surface area contributed by atoms with Crippen LogP contribution in [0.3, 0.4) is 0 Å². The number of rotatable bonds is 4. The minimum atomic E-state index is -4.99. The molecule has 2 aliphatic rings. The number of nitrogens with one attached hydrogen (secondary N) is 2. The molecule has 34 heavy (non-hydrogen) atoms. The summed E-state index contributed by atoms with van der Waals surface area (Å²) < 4.78 is 119. The fourth-order valence-corrected chi connectivity index (χ4v) is 4.80. The molecule has 0 amide bonds. The number of halogens is 10. The highest BCUT2D eigenvalue weighted by Crippen LogP contribution is 2.47. The van der Waals surface area contributed by atoms with Crippen LogP contribution >= 0.6 is 15.9 Å². The molecule has 1 saturated carbocycles. The highest BCUT2D eigenvalue weighted by molar-refractivity contribution is 9.10. The standard InChI is InChI=1S/C22H18BrF9N2/c23-16-7-14(22(30,31)32)6-15-18(8-17(11-1-2-11)34-19(15)16)33-9-10-3-12(20(24,25)26)5-13(4-10)21(27,28)29/h3-7,11,17-18,33-34H,1-2,8-9H2. The quantitative estimate of drug-likeness (QED) is 0.371. The van der Waals surface area contributed by atoms with Crippen molar-refractivity contribution >= 4 is 21.6 Å². The highest BCUT2D eigenvalue weighted by atomic mass is 79.9. The Labute approximate surface area is 197 Å². The van der Waals surface area contributed by atoms with Gasteiger partial charge in [-0.3, -0.25) is 0 Å². The van der Waals surface area contributed by atoms with Crippen LogP contribution in [0.5, 0.6) is 0 Å². The molecule has 1 heterocycles. The van der Waals surface area contributed by atoms with Crippen LogP contribution in [0.2, 0.25) is 0 Å². The second kappa shape index (κ2) is 8.61. The Balaban J connectivity index is 1.67. The molecule has 2 atom stereocenters. The summed E-state index contributed by atoms with van der Waals surface area (Å²) >= 11 is 3.17. The van der Waals surface area contributed by atoms with Gasteiger partial charge in [-0.1, -0.05) is 0 Å². The average Bonchev–Trinajstić information content (AvgIpc) is 3.55. The van der Waals surface area contributed by atoms with Gasteiger partial charge in [0.25, 0.3) is 0 Å². The zero-order chi connectivity index (χ0) is 25.1. The largest absolute Gasteiger partial charge is 0.416 e. The van der Waals surface area contributed by atoms with Crippen molar-refractivity contribution < 1.29 is 39.5 Å². The minimum Gasteiger partial charge on any atom is -0.381 e. The van der Waals surface area contributed by atoms with Gasteiger partial charge in [0.05, 0.1) is 22.4 Å². The summed E-state index contributed by atoms with van der Waals surface area (Å²) in [5.74, 6) is 0.303. The predicted octanol–water partition coefficient (Wildman–Crippen LogP) is 7.93. The number of alkyl halides is 9. The molecule has 2 N–H and O–H groups in total. The monoisotopic (exact) mass is 560 g/mol. The zero-order valence-corrected chi connectivity index (χ0v) is 18.8. The van der Waals surface area contributed by atoms with Crippen LogP contribution in [0, 0.1) is 5.92 Å². The molecule has 2 unspecified atom stereocenters. The van der Waals surface area contributed by atoms with Gasteiger partial charge < -0.3 is 10.6 Å². The molecule has 1 fully saturated rings. The van der Waals surface area contributed by atoms with E-state index in [0.29, 0.717) is 30.2 Å². The summed E-state index contributed by atoms with van der Waals surface area (Å²) in [6.07, 6.45) is -12.4. The van der Waals surface area contributed by atoms with Crippen molar-refractivity contribution in [3.05, 3.63) is 62.6 Å². The van der Waals surface area contributed by atoms with E-state index in [-0.39, 0.29) is 34.3 Å². The molecule has 0 aromatic heterocycles. The van der Waals surface area contributed by atoms with Gasteiger partial charge in [0.2, 0.25) is 0 Å². The fourth-order valence-electron chi connectivity index (χ4n) is 4.21. The van der Waals surface area contributed by atoms with E-state index in [1.807, 2.05) is 0 Å². The van der Waals surface area contributed by atoms with Gasteiger partial charge in [-0.05, 0) is 82.6 Å². The van der Waals surface area contributed by atoms with Crippen molar-refractivity contribution in [3.8, 4) is 0 Å². The fraction of sp³-hybridized carbons (Fsp3) is 0.455. The number of anilines is 1. The lowest BCUT2D eigenvalue weighted by molar-refractivity contribution is -0.143. The Morgan fingerprint density at radius 1 is 0.794 bits per heavy atom. The van der Waals surface area contributed by atoms with Gasteiger partial charge in [0, 0.05) is 23.1 Å². The molecular weight excluding hydrogens is 543 g/mol. The Bertz CT molecular complexity index is 1040. The van der Waals surface area contributed by atoms with E-state index in [4.69, 9.17) is 0 Å². The van der Waals surface area contributed by atoms with Crippen LogP contribution < -0.4 is 10.6 Å². The van der Waals surface area contributed by atoms with Crippen LogP contribution in [0.25, 0.3) is 0 Å². The van der Waals surface area contributed by atoms with Gasteiger partial charge in [-0.25, -0.2) is 0 Å². The van der Waals surface area contributed by atoms with E-state index >= 15 is 0 Å². The minimum absolute atomic E-state index is 0.0408. The molecule has 2 aromatic rings. The average molecular weight is 561 g/mol. The summed E-state index contributed by atoms with van der Waals surface area (Å²) in [5.41, 5.74) is -3.37. The number of hydrogen-bond donors (Lipinski definition) is 2. The number of fused-ring (bicyclic) bond motifs is 1. The topological polar surface area (TPSA) is 24.1 Å². The number of benzene rings is 2. The first kappa shape index (κ1) is 25.2. The normalized spacial score (nSPS) is 21.2. The summed E-state index contributed by atoms with van der Waals surface area (Å²) in [6.45, 7) is -0.387. The third-order valence-corrected chi connectivity index (χ3v) is 6.66. The van der Waals surface area contributed by atoms with Crippen molar-refractivity contribution in [2.45, 2.75) is 56.4 Å². The van der Waals surface area contributed by atoms with Crippen LogP contribution in [0.1, 0.15) is 53.1 Å². The molecule has 0 spiro atoms. The van der Waals surface area contributed by atoms with Crippen molar-refractivity contribution in [1.29, 1.82) is 0 Å². The van der Waals surface area contributed by atoms with Crippen molar-refractivity contribution in [2.75, 3.05) is 5.32 Å². The van der Waals surface area contributed by atoms with E-state index in [9.17, 15) is 39.5 Å². The van der Waals surface area contributed by atoms with Gasteiger partial charge >= 0.3 is 18.5 Å². The molecule has 0 bridgehead atoms. The van der Waals surface area contributed by atoms with Crippen LogP contribution in [0.4, 0.5) is 45.2 Å². The maximum Gasteiger partial charge on any atom is 0.416 e. The molecular formula is C22H18BrF9N2. The second-order valence-electron chi connectivity index (χ2n) is 8.59. The van der Waals surface area contributed by atoms with Crippen LogP contribution in [-0.2, 0) is 25.1 Å². The van der Waals surface area contributed by atoms with E-state index in [1.165, 1.54) is 0 Å². The lowest BCUT2D eigenvalue weighted by Gasteiger charge is -2.35. The molecule has 4 rings (SSSR count). The molecule has 186 valence electrons. The van der Waals surface area contributed by atoms with Gasteiger partial charge in [0.1, 0.15) is 0 Å². The molecule has 0 radical (unpaired) electrons. The Morgan fingerprint density at radius 3 is 1.82 bits per heavy atom. The van der Waals surface area contributed by atoms with Crippen molar-refractivity contribution in [3.63, 3.8) is 0 Å². The third kappa shape index (κ3) is 5.48. The smallest absolute Gasteiger partial charge is 0.381 e. The molecule has 1 aliphatic heterocycles. The predicted molar refractivity (Wildman–Crippen MR) is 110 cm³/mol. The van der Waals surface area contributed by atoms with Crippen LogP contribution in [-0.4, -0.2) is 6.04 Å². The second-order valence-corrected chi connectivity index (χ2v) is 9.45. The zero-order valence-electron chi connectivity index (χ0n) is 17.2. The molecule has 2 nitrogen and oxygen atoms in total. The summed E-state index contributed by atoms with van der Waals surface area (Å²) in [5, 5.41) is 6.15. The molecule has 12 heteroatoms. The van der Waals surface area contributed by atoms with E-state index in [2.05, 4.69) is 26.6 Å². The van der Waals surface area contributed by atoms with Crippen molar-refractivity contribution in [2.24, 2.45) is 5.92 Å². The molecule has 1 aliphatic carbocycles.